The van der Waals surface area contributed by atoms with Crippen molar-refractivity contribution in [1.82, 2.24) is 4.98 Å². The third kappa shape index (κ3) is 10.4. The van der Waals surface area contributed by atoms with Gasteiger partial charge in [-0.3, -0.25) is 0 Å². The van der Waals surface area contributed by atoms with E-state index in [-0.39, 0.29) is 5.60 Å². The van der Waals surface area contributed by atoms with E-state index in [9.17, 15) is 4.79 Å². The summed E-state index contributed by atoms with van der Waals surface area (Å²) in [6.45, 7) is 21.7. The summed E-state index contributed by atoms with van der Waals surface area (Å²) in [5, 5.41) is 0. The molecule has 4 nitrogen and oxygen atoms in total. The summed E-state index contributed by atoms with van der Waals surface area (Å²) in [4.78, 5) is 18.4. The van der Waals surface area contributed by atoms with Crippen LogP contribution in [0.5, 0.6) is 11.5 Å². The molecule has 2 aromatic rings. The van der Waals surface area contributed by atoms with E-state index < -0.39 is 5.97 Å². The first-order valence-corrected chi connectivity index (χ1v) is 17.7. The van der Waals surface area contributed by atoms with Gasteiger partial charge in [0.25, 0.3) is 0 Å². The number of pyridine rings is 1. The van der Waals surface area contributed by atoms with E-state index in [1.54, 1.807) is 24.0 Å². The van der Waals surface area contributed by atoms with Gasteiger partial charge in [0.05, 0.1) is 0 Å². The topological polar surface area (TPSA) is 48.4 Å². The van der Waals surface area contributed by atoms with Gasteiger partial charge in [-0.25, -0.2) is 9.78 Å². The molecule has 5 heteroatoms. The van der Waals surface area contributed by atoms with Gasteiger partial charge >= 0.3 is 5.97 Å². The van der Waals surface area contributed by atoms with Crippen molar-refractivity contribution in [2.45, 2.75) is 137 Å². The smallest absolute Gasteiger partial charge is 0.362 e. The zero-order chi connectivity index (χ0) is 31.6. The first kappa shape index (κ1) is 35.2. The highest BCUT2D eigenvalue weighted by molar-refractivity contribution is 7.99. The average molecular weight is 608 g/mol. The molecule has 3 unspecified atom stereocenters. The normalized spacial score (nSPS) is 17.7. The minimum atomic E-state index is -0.429. The lowest BCUT2D eigenvalue weighted by Gasteiger charge is -2.38. The maximum absolute atomic E-state index is 13.0. The van der Waals surface area contributed by atoms with E-state index in [1.807, 2.05) is 19.1 Å². The van der Waals surface area contributed by atoms with Gasteiger partial charge in [0.2, 0.25) is 0 Å². The fourth-order valence-corrected chi connectivity index (χ4v) is 6.90. The van der Waals surface area contributed by atoms with E-state index in [2.05, 4.69) is 60.0 Å². The van der Waals surface area contributed by atoms with Crippen LogP contribution in [0.1, 0.15) is 132 Å². The Kier molecular flexibility index (Phi) is 13.7. The fourth-order valence-electron chi connectivity index (χ4n) is 6.30. The Morgan fingerprint density at radius 3 is 2.26 bits per heavy atom. The molecule has 1 aromatic heterocycles. The second-order valence-corrected chi connectivity index (χ2v) is 14.9. The number of aromatic nitrogens is 1. The number of hydrogen-bond acceptors (Lipinski definition) is 5. The highest BCUT2D eigenvalue weighted by Gasteiger charge is 2.35. The van der Waals surface area contributed by atoms with Crippen molar-refractivity contribution in [1.29, 1.82) is 0 Å². The molecule has 0 saturated heterocycles. The molecule has 0 bridgehead atoms. The number of thioether (sulfide) groups is 1. The molecule has 1 aromatic carbocycles. The van der Waals surface area contributed by atoms with Crippen LogP contribution in [0.3, 0.4) is 0 Å². The summed E-state index contributed by atoms with van der Waals surface area (Å²) < 4.78 is 12.8. The van der Waals surface area contributed by atoms with Crippen LogP contribution in [0.15, 0.2) is 35.9 Å². The van der Waals surface area contributed by atoms with E-state index >= 15 is 0 Å². The third-order valence-electron chi connectivity index (χ3n) is 9.35. The molecule has 0 amide bonds. The van der Waals surface area contributed by atoms with Crippen LogP contribution in [0.4, 0.5) is 0 Å². The van der Waals surface area contributed by atoms with Gasteiger partial charge in [-0.05, 0) is 100.0 Å². The Hall–Kier alpha value is -2.27. The van der Waals surface area contributed by atoms with Crippen molar-refractivity contribution in [2.24, 2.45) is 17.8 Å². The van der Waals surface area contributed by atoms with E-state index in [1.165, 1.54) is 56.9 Å². The molecule has 1 aliphatic rings. The predicted octanol–water partition coefficient (Wildman–Crippen LogP) is 11.0. The summed E-state index contributed by atoms with van der Waals surface area (Å²) >= 11 is 1.63. The van der Waals surface area contributed by atoms with Gasteiger partial charge in [0.15, 0.2) is 0 Å². The van der Waals surface area contributed by atoms with E-state index in [0.29, 0.717) is 11.4 Å². The quantitative estimate of drug-likeness (QED) is 0.0775. The molecule has 0 saturated carbocycles. The van der Waals surface area contributed by atoms with Crippen molar-refractivity contribution in [3.05, 3.63) is 58.9 Å². The number of carbonyl (C=O) groups is 1. The van der Waals surface area contributed by atoms with Crippen molar-refractivity contribution in [3.63, 3.8) is 0 Å². The second-order valence-electron chi connectivity index (χ2n) is 13.8. The number of rotatable bonds is 17. The average Bonchev–Trinajstić information content (AvgIpc) is 2.97. The van der Waals surface area contributed by atoms with Crippen LogP contribution in [0.25, 0.3) is 0 Å². The minimum absolute atomic E-state index is 0.158. The van der Waals surface area contributed by atoms with Crippen LogP contribution in [-0.2, 0) is 6.42 Å². The minimum Gasteiger partial charge on any atom is -0.487 e. The summed E-state index contributed by atoms with van der Waals surface area (Å²) in [5.41, 5.74) is 4.34. The van der Waals surface area contributed by atoms with Crippen LogP contribution in [0.2, 0.25) is 0 Å². The van der Waals surface area contributed by atoms with Crippen molar-refractivity contribution < 1.29 is 14.3 Å². The SMILES string of the molecule is C=CCSc1ccc(C(=O)Oc2c(C)c(C)c3c(c2C)CCC(C)(CCCC(C)CCCC(C)CCCC(C)C)O3)nc1. The van der Waals surface area contributed by atoms with Crippen molar-refractivity contribution in [3.8, 4) is 11.5 Å². The Morgan fingerprint density at radius 2 is 1.65 bits per heavy atom. The lowest BCUT2D eigenvalue weighted by Crippen LogP contribution is -2.37. The van der Waals surface area contributed by atoms with Crippen molar-refractivity contribution >= 4 is 17.7 Å². The molecule has 238 valence electrons. The molecule has 0 fully saturated rings. The number of ether oxygens (including phenoxy) is 2. The molecule has 1 aliphatic heterocycles. The molecule has 2 heterocycles. The first-order chi connectivity index (χ1) is 20.4. The number of hydrogen-bond donors (Lipinski definition) is 0. The number of esters is 1. The summed E-state index contributed by atoms with van der Waals surface area (Å²) in [5.74, 6) is 4.46. The fraction of sp³-hybridized carbons (Fsp3) is 0.632. The number of carbonyl (C=O) groups excluding carboxylic acids is 1. The third-order valence-corrected chi connectivity index (χ3v) is 10.3. The molecule has 0 aliphatic carbocycles. The Morgan fingerprint density at radius 1 is 1.00 bits per heavy atom. The van der Waals surface area contributed by atoms with Crippen LogP contribution in [0, 0.1) is 38.5 Å². The first-order valence-electron chi connectivity index (χ1n) is 16.7. The van der Waals surface area contributed by atoms with Gasteiger partial charge in [-0.15, -0.1) is 18.3 Å². The second kappa shape index (κ2) is 16.7. The number of fused-ring (bicyclic) bond motifs is 1. The Bertz CT molecular complexity index is 1200. The van der Waals surface area contributed by atoms with Gasteiger partial charge in [-0.1, -0.05) is 78.7 Å². The van der Waals surface area contributed by atoms with Gasteiger partial charge < -0.3 is 9.47 Å². The molecule has 0 spiro atoms. The Balaban J connectivity index is 1.53. The number of benzene rings is 1. The zero-order valence-electron chi connectivity index (χ0n) is 28.3. The summed E-state index contributed by atoms with van der Waals surface area (Å²) in [7, 11) is 0. The molecule has 3 rings (SSSR count). The summed E-state index contributed by atoms with van der Waals surface area (Å²) in [6, 6.07) is 3.63. The monoisotopic (exact) mass is 607 g/mol. The van der Waals surface area contributed by atoms with Gasteiger partial charge in [0.1, 0.15) is 22.8 Å². The van der Waals surface area contributed by atoms with Gasteiger partial charge in [0, 0.05) is 22.4 Å². The lowest BCUT2D eigenvalue weighted by molar-refractivity contribution is 0.0508. The van der Waals surface area contributed by atoms with Gasteiger partial charge in [-0.2, -0.15) is 0 Å². The maximum atomic E-state index is 13.0. The molecule has 0 N–H and O–H groups in total. The van der Waals surface area contributed by atoms with Crippen LogP contribution in [-0.4, -0.2) is 22.3 Å². The molecule has 3 atom stereocenters. The van der Waals surface area contributed by atoms with Crippen molar-refractivity contribution in [2.75, 3.05) is 5.75 Å². The highest BCUT2D eigenvalue weighted by atomic mass is 32.2. The lowest BCUT2D eigenvalue weighted by atomic mass is 9.83. The summed E-state index contributed by atoms with van der Waals surface area (Å²) in [6.07, 6.45) is 17.2. The molecule has 0 radical (unpaired) electrons. The maximum Gasteiger partial charge on any atom is 0.362 e. The van der Waals surface area contributed by atoms with E-state index in [4.69, 9.17) is 9.47 Å². The highest BCUT2D eigenvalue weighted by Crippen LogP contribution is 2.45. The molecule has 43 heavy (non-hydrogen) atoms. The largest absolute Gasteiger partial charge is 0.487 e. The predicted molar refractivity (Wildman–Crippen MR) is 183 cm³/mol. The Labute approximate surface area is 266 Å². The van der Waals surface area contributed by atoms with E-state index in [0.717, 1.165) is 70.1 Å². The standard InChI is InChI=1S/C38H57NO3S/c1-10-24-43-32-19-20-34(39-25-32)37(40)41-35-29(6)30(7)36-33(31(35)8)21-23-38(9,42-36)22-13-18-28(5)17-12-16-27(4)15-11-14-26(2)3/h10,19-20,25-28H,1,11-18,21-24H2,2-9H3. The van der Waals surface area contributed by atoms with Crippen LogP contribution >= 0.6 is 11.8 Å². The molecular weight excluding hydrogens is 550 g/mol. The molecular formula is C38H57NO3S. The zero-order valence-corrected chi connectivity index (χ0v) is 29.1. The number of nitrogens with zero attached hydrogens (tertiary/aromatic N) is 1. The van der Waals surface area contributed by atoms with Crippen LogP contribution < -0.4 is 9.47 Å².